The molecule has 3 fully saturated rings. The number of hydrogen-bond donors (Lipinski definition) is 0. The first kappa shape index (κ1) is 19.4. The van der Waals surface area contributed by atoms with Gasteiger partial charge in [-0.25, -0.2) is 0 Å². The normalized spacial score (nSPS) is 28.2. The van der Waals surface area contributed by atoms with Crippen LogP contribution in [0, 0.1) is 11.8 Å². The van der Waals surface area contributed by atoms with Gasteiger partial charge in [0.2, 0.25) is 11.8 Å². The van der Waals surface area contributed by atoms with Gasteiger partial charge in [0.1, 0.15) is 0 Å². The molecule has 1 aromatic carbocycles. The Labute approximate surface area is 168 Å². The Kier molecular flexibility index (Phi) is 6.00. The van der Waals surface area contributed by atoms with Gasteiger partial charge in [-0.3, -0.25) is 9.59 Å². The maximum atomic E-state index is 13.1. The van der Waals surface area contributed by atoms with E-state index in [1.165, 1.54) is 45.2 Å². The molecule has 3 aliphatic heterocycles. The van der Waals surface area contributed by atoms with E-state index in [1.54, 1.807) is 0 Å². The SMILES string of the molecule is CN(C[C@@H]1CCCN2CCCC[C@H]12)C(=O)C1CC(=O)N(Cc2ccccc2)C1. The number of fused-ring (bicyclic) bond motifs is 1. The second-order valence-electron chi connectivity index (χ2n) is 8.88. The summed E-state index contributed by atoms with van der Waals surface area (Å²) in [7, 11) is 1.94. The maximum absolute atomic E-state index is 13.1. The monoisotopic (exact) mass is 383 g/mol. The number of amides is 2. The number of carbonyl (C=O) groups excluding carboxylic acids is 2. The first-order chi connectivity index (χ1) is 13.6. The smallest absolute Gasteiger partial charge is 0.227 e. The van der Waals surface area contributed by atoms with Crippen LogP contribution in [0.3, 0.4) is 0 Å². The summed E-state index contributed by atoms with van der Waals surface area (Å²) in [4.78, 5) is 31.9. The lowest BCUT2D eigenvalue weighted by molar-refractivity contribution is -0.135. The van der Waals surface area contributed by atoms with Gasteiger partial charge in [0.25, 0.3) is 0 Å². The highest BCUT2D eigenvalue weighted by molar-refractivity contribution is 5.89. The third-order valence-corrected chi connectivity index (χ3v) is 6.89. The molecule has 152 valence electrons. The standard InChI is InChI=1S/C23H33N3O2/c1-24(16-19-10-7-13-25-12-6-5-11-21(19)25)23(28)20-14-22(27)26(17-20)15-18-8-3-2-4-9-18/h2-4,8-9,19-21H,5-7,10-17H2,1H3/t19-,20?,21+/m0/s1. The summed E-state index contributed by atoms with van der Waals surface area (Å²) in [6.45, 7) is 4.45. The van der Waals surface area contributed by atoms with Crippen LogP contribution in [0.1, 0.15) is 44.1 Å². The topological polar surface area (TPSA) is 43.9 Å². The highest BCUT2D eigenvalue weighted by Crippen LogP contribution is 2.32. The molecular weight excluding hydrogens is 350 g/mol. The number of benzene rings is 1. The molecule has 28 heavy (non-hydrogen) atoms. The number of likely N-dealkylation sites (tertiary alicyclic amines) is 1. The fourth-order valence-corrected chi connectivity index (χ4v) is 5.44. The van der Waals surface area contributed by atoms with Crippen molar-refractivity contribution in [2.75, 3.05) is 33.2 Å². The first-order valence-electron chi connectivity index (χ1n) is 10.9. The van der Waals surface area contributed by atoms with E-state index >= 15 is 0 Å². The Morgan fingerprint density at radius 3 is 2.71 bits per heavy atom. The van der Waals surface area contributed by atoms with E-state index in [2.05, 4.69) is 4.90 Å². The van der Waals surface area contributed by atoms with E-state index in [0.717, 1.165) is 12.1 Å². The third kappa shape index (κ3) is 4.24. The van der Waals surface area contributed by atoms with E-state index in [1.807, 2.05) is 47.2 Å². The highest BCUT2D eigenvalue weighted by Gasteiger charge is 2.38. The Morgan fingerprint density at radius 1 is 1.11 bits per heavy atom. The summed E-state index contributed by atoms with van der Waals surface area (Å²) in [5.41, 5.74) is 1.12. The number of hydrogen-bond acceptors (Lipinski definition) is 3. The van der Waals surface area contributed by atoms with Crippen LogP contribution < -0.4 is 0 Å². The molecule has 0 aliphatic carbocycles. The van der Waals surface area contributed by atoms with Crippen molar-refractivity contribution in [3.63, 3.8) is 0 Å². The zero-order valence-electron chi connectivity index (χ0n) is 17.1. The molecule has 0 saturated carbocycles. The molecule has 2 amide bonds. The molecule has 3 aliphatic rings. The fraction of sp³-hybridized carbons (Fsp3) is 0.652. The first-order valence-corrected chi connectivity index (χ1v) is 10.9. The van der Waals surface area contributed by atoms with Gasteiger partial charge < -0.3 is 14.7 Å². The zero-order valence-corrected chi connectivity index (χ0v) is 17.1. The van der Waals surface area contributed by atoms with Gasteiger partial charge in [-0.1, -0.05) is 36.8 Å². The van der Waals surface area contributed by atoms with Crippen molar-refractivity contribution in [3.05, 3.63) is 35.9 Å². The van der Waals surface area contributed by atoms with Gasteiger partial charge in [0.05, 0.1) is 5.92 Å². The molecule has 1 aromatic rings. The molecule has 5 nitrogen and oxygen atoms in total. The van der Waals surface area contributed by atoms with Crippen LogP contribution in [0.2, 0.25) is 0 Å². The van der Waals surface area contributed by atoms with E-state index in [9.17, 15) is 9.59 Å². The second-order valence-corrected chi connectivity index (χ2v) is 8.88. The molecule has 4 rings (SSSR count). The summed E-state index contributed by atoms with van der Waals surface area (Å²) in [5.74, 6) is 0.649. The van der Waals surface area contributed by atoms with Crippen molar-refractivity contribution < 1.29 is 9.59 Å². The molecule has 3 saturated heterocycles. The van der Waals surface area contributed by atoms with Gasteiger partial charge >= 0.3 is 0 Å². The number of nitrogens with zero attached hydrogens (tertiary/aromatic N) is 3. The predicted molar refractivity (Wildman–Crippen MR) is 110 cm³/mol. The molecule has 0 spiro atoms. The lowest BCUT2D eigenvalue weighted by atomic mass is 9.83. The van der Waals surface area contributed by atoms with Crippen LogP contribution in [0.15, 0.2) is 30.3 Å². The van der Waals surface area contributed by atoms with Gasteiger partial charge in [0, 0.05) is 39.1 Å². The van der Waals surface area contributed by atoms with Crippen LogP contribution in [-0.2, 0) is 16.1 Å². The molecule has 5 heteroatoms. The minimum absolute atomic E-state index is 0.103. The van der Waals surface area contributed by atoms with Crippen molar-refractivity contribution in [1.82, 2.24) is 14.7 Å². The Morgan fingerprint density at radius 2 is 1.89 bits per heavy atom. The quantitative estimate of drug-likeness (QED) is 0.785. The summed E-state index contributed by atoms with van der Waals surface area (Å²) in [6, 6.07) is 10.7. The highest BCUT2D eigenvalue weighted by atomic mass is 16.2. The predicted octanol–water partition coefficient (Wildman–Crippen LogP) is 2.76. The van der Waals surface area contributed by atoms with Gasteiger partial charge in [-0.2, -0.15) is 0 Å². The van der Waals surface area contributed by atoms with Crippen molar-refractivity contribution in [3.8, 4) is 0 Å². The van der Waals surface area contributed by atoms with Gasteiger partial charge in [-0.15, -0.1) is 0 Å². The molecular formula is C23H33N3O2. The van der Waals surface area contributed by atoms with Crippen molar-refractivity contribution in [1.29, 1.82) is 0 Å². The van der Waals surface area contributed by atoms with Crippen LogP contribution in [0.5, 0.6) is 0 Å². The number of carbonyl (C=O) groups is 2. The van der Waals surface area contributed by atoms with E-state index in [4.69, 9.17) is 0 Å². The number of piperidine rings is 2. The number of rotatable bonds is 5. The maximum Gasteiger partial charge on any atom is 0.227 e. The van der Waals surface area contributed by atoms with Crippen LogP contribution >= 0.6 is 0 Å². The van der Waals surface area contributed by atoms with E-state index in [-0.39, 0.29) is 17.7 Å². The van der Waals surface area contributed by atoms with Gasteiger partial charge in [0.15, 0.2) is 0 Å². The van der Waals surface area contributed by atoms with Gasteiger partial charge in [-0.05, 0) is 50.3 Å². The Hall–Kier alpha value is -1.88. The molecule has 0 aromatic heterocycles. The van der Waals surface area contributed by atoms with Crippen molar-refractivity contribution in [2.45, 2.75) is 51.1 Å². The molecule has 1 unspecified atom stereocenters. The molecule has 0 N–H and O–H groups in total. The Balaban J connectivity index is 1.33. The molecule has 3 atom stereocenters. The molecule has 0 bridgehead atoms. The molecule has 3 heterocycles. The Bertz CT molecular complexity index is 690. The van der Waals surface area contributed by atoms with Crippen LogP contribution in [0.4, 0.5) is 0 Å². The summed E-state index contributed by atoms with van der Waals surface area (Å²) in [6.07, 6.45) is 6.74. The summed E-state index contributed by atoms with van der Waals surface area (Å²) < 4.78 is 0. The molecule has 0 radical (unpaired) electrons. The van der Waals surface area contributed by atoms with Crippen LogP contribution in [-0.4, -0.2) is 65.8 Å². The van der Waals surface area contributed by atoms with E-state index < -0.39 is 0 Å². The average molecular weight is 384 g/mol. The largest absolute Gasteiger partial charge is 0.345 e. The fourth-order valence-electron chi connectivity index (χ4n) is 5.44. The van der Waals surface area contributed by atoms with Crippen molar-refractivity contribution >= 4 is 11.8 Å². The lowest BCUT2D eigenvalue weighted by Gasteiger charge is -2.45. The van der Waals surface area contributed by atoms with E-state index in [0.29, 0.717) is 31.5 Å². The second kappa shape index (κ2) is 8.64. The minimum Gasteiger partial charge on any atom is -0.345 e. The zero-order chi connectivity index (χ0) is 19.5. The average Bonchev–Trinajstić information content (AvgIpc) is 3.08. The third-order valence-electron chi connectivity index (χ3n) is 6.89. The van der Waals surface area contributed by atoms with Crippen LogP contribution in [0.25, 0.3) is 0 Å². The summed E-state index contributed by atoms with van der Waals surface area (Å²) in [5, 5.41) is 0. The van der Waals surface area contributed by atoms with Crippen molar-refractivity contribution in [2.24, 2.45) is 11.8 Å². The lowest BCUT2D eigenvalue weighted by Crippen LogP contribution is -2.51. The summed E-state index contributed by atoms with van der Waals surface area (Å²) >= 11 is 0. The minimum atomic E-state index is -0.188.